The summed E-state index contributed by atoms with van der Waals surface area (Å²) in [5.74, 6) is 0.653. The van der Waals surface area contributed by atoms with Crippen LogP contribution in [0.5, 0.6) is 11.5 Å². The van der Waals surface area contributed by atoms with Gasteiger partial charge in [0, 0.05) is 18.1 Å². The summed E-state index contributed by atoms with van der Waals surface area (Å²) in [6, 6.07) is 5.54. The Morgan fingerprint density at radius 2 is 2.04 bits per heavy atom. The quantitative estimate of drug-likeness (QED) is 0.762. The van der Waals surface area contributed by atoms with E-state index in [1.54, 1.807) is 26.5 Å². The molecule has 5 N–H and O–H groups in total. The van der Waals surface area contributed by atoms with Crippen molar-refractivity contribution in [2.75, 3.05) is 25.3 Å². The number of fused-ring (bicyclic) bond motifs is 1. The van der Waals surface area contributed by atoms with Crippen molar-refractivity contribution in [3.63, 3.8) is 0 Å². The van der Waals surface area contributed by atoms with E-state index in [4.69, 9.17) is 20.9 Å². The number of hydrogen-bond acceptors (Lipinski definition) is 8. The number of nitrogens with zero attached hydrogens (tertiary/aromatic N) is 3. The SMILES string of the molecule is COc1ccc(CC2(N)N=Cc3ncnc(N)c3N2)c(OC)c1. The molecule has 2 heterocycles. The van der Waals surface area contributed by atoms with Gasteiger partial charge in [-0.15, -0.1) is 0 Å². The lowest BCUT2D eigenvalue weighted by Crippen LogP contribution is -2.50. The zero-order valence-corrected chi connectivity index (χ0v) is 12.9. The lowest BCUT2D eigenvalue weighted by atomic mass is 10.0. The summed E-state index contributed by atoms with van der Waals surface area (Å²) in [6.07, 6.45) is 3.38. The summed E-state index contributed by atoms with van der Waals surface area (Å²) < 4.78 is 10.6. The maximum atomic E-state index is 6.36. The van der Waals surface area contributed by atoms with Crippen LogP contribution in [0.15, 0.2) is 29.5 Å². The molecule has 0 radical (unpaired) electrons. The monoisotopic (exact) mass is 314 g/mol. The third kappa shape index (κ3) is 2.88. The third-order valence-electron chi connectivity index (χ3n) is 3.62. The largest absolute Gasteiger partial charge is 0.497 e. The molecule has 0 saturated heterocycles. The smallest absolute Gasteiger partial charge is 0.186 e. The molecule has 1 aromatic carbocycles. The van der Waals surface area contributed by atoms with Crippen LogP contribution in [0.2, 0.25) is 0 Å². The second-order valence-corrected chi connectivity index (χ2v) is 5.18. The number of nitrogens with one attached hydrogen (secondary N) is 1. The van der Waals surface area contributed by atoms with Crippen LogP contribution in [0, 0.1) is 0 Å². The van der Waals surface area contributed by atoms with E-state index in [1.807, 2.05) is 12.1 Å². The fourth-order valence-electron chi connectivity index (χ4n) is 2.44. The predicted octanol–water partition coefficient (Wildman–Crippen LogP) is 0.776. The maximum Gasteiger partial charge on any atom is 0.186 e. The van der Waals surface area contributed by atoms with Crippen molar-refractivity contribution < 1.29 is 9.47 Å². The lowest BCUT2D eigenvalue weighted by Gasteiger charge is -2.31. The Hall–Kier alpha value is -2.87. The van der Waals surface area contributed by atoms with Gasteiger partial charge < -0.3 is 20.5 Å². The molecule has 0 aliphatic carbocycles. The molecule has 0 amide bonds. The van der Waals surface area contributed by atoms with Crippen molar-refractivity contribution in [1.82, 2.24) is 9.97 Å². The normalized spacial score (nSPS) is 18.9. The van der Waals surface area contributed by atoms with Crippen molar-refractivity contribution in [2.24, 2.45) is 10.7 Å². The molecular formula is C15H18N6O2. The van der Waals surface area contributed by atoms with E-state index in [9.17, 15) is 0 Å². The molecule has 1 aliphatic rings. The number of hydrogen-bond donors (Lipinski definition) is 3. The number of anilines is 2. The zero-order valence-electron chi connectivity index (χ0n) is 12.9. The van der Waals surface area contributed by atoms with E-state index in [0.717, 1.165) is 5.56 Å². The molecule has 1 unspecified atom stereocenters. The molecule has 0 bridgehead atoms. The van der Waals surface area contributed by atoms with Crippen LogP contribution in [-0.4, -0.2) is 36.2 Å². The Bertz CT molecular complexity index is 764. The number of aliphatic imine (C=N–C) groups is 1. The molecule has 8 nitrogen and oxygen atoms in total. The number of nitrogens with two attached hydrogens (primary N) is 2. The fraction of sp³-hybridized carbons (Fsp3) is 0.267. The molecule has 1 atom stereocenters. The highest BCUT2D eigenvalue weighted by atomic mass is 16.5. The van der Waals surface area contributed by atoms with Crippen LogP contribution in [-0.2, 0) is 6.42 Å². The summed E-state index contributed by atoms with van der Waals surface area (Å²) in [5.41, 5.74) is 14.3. The maximum absolute atomic E-state index is 6.36. The highest BCUT2D eigenvalue weighted by Crippen LogP contribution is 2.31. The second kappa shape index (κ2) is 5.73. The third-order valence-corrected chi connectivity index (χ3v) is 3.62. The first kappa shape index (κ1) is 15.0. The van der Waals surface area contributed by atoms with E-state index in [0.29, 0.717) is 35.1 Å². The average Bonchev–Trinajstić information content (AvgIpc) is 2.56. The standard InChI is InChI=1S/C15H18N6O2/c1-22-10-4-3-9(12(5-10)23-2)6-15(17)20-7-11-13(21-15)14(16)19-8-18-11/h3-5,7-8,21H,6,17H2,1-2H3,(H2,16,18,19). The first-order valence-corrected chi connectivity index (χ1v) is 6.98. The van der Waals surface area contributed by atoms with Crippen LogP contribution >= 0.6 is 0 Å². The Morgan fingerprint density at radius 3 is 2.78 bits per heavy atom. The number of ether oxygens (including phenoxy) is 2. The predicted molar refractivity (Wildman–Crippen MR) is 87.8 cm³/mol. The second-order valence-electron chi connectivity index (χ2n) is 5.18. The zero-order chi connectivity index (χ0) is 16.4. The van der Waals surface area contributed by atoms with E-state index in [-0.39, 0.29) is 0 Å². The van der Waals surface area contributed by atoms with Crippen LogP contribution < -0.4 is 26.3 Å². The van der Waals surface area contributed by atoms with Gasteiger partial charge in [0.25, 0.3) is 0 Å². The highest BCUT2D eigenvalue weighted by Gasteiger charge is 2.30. The van der Waals surface area contributed by atoms with E-state index in [1.165, 1.54) is 6.33 Å². The summed E-state index contributed by atoms with van der Waals surface area (Å²) in [4.78, 5) is 12.4. The Morgan fingerprint density at radius 1 is 1.22 bits per heavy atom. The van der Waals surface area contributed by atoms with Gasteiger partial charge in [-0.3, -0.25) is 5.73 Å². The number of methoxy groups -OCH3 is 2. The Labute approximate surface area is 133 Å². The van der Waals surface area contributed by atoms with E-state index < -0.39 is 5.79 Å². The van der Waals surface area contributed by atoms with Gasteiger partial charge in [-0.1, -0.05) is 6.07 Å². The van der Waals surface area contributed by atoms with Gasteiger partial charge in [-0.25, -0.2) is 15.0 Å². The minimum atomic E-state index is -1.06. The molecule has 3 rings (SSSR count). The van der Waals surface area contributed by atoms with Gasteiger partial charge >= 0.3 is 0 Å². The van der Waals surface area contributed by atoms with Gasteiger partial charge in [-0.05, 0) is 6.07 Å². The Kier molecular flexibility index (Phi) is 3.75. The van der Waals surface area contributed by atoms with E-state index in [2.05, 4.69) is 20.3 Å². The number of aromatic nitrogens is 2. The summed E-state index contributed by atoms with van der Waals surface area (Å²) >= 11 is 0. The first-order chi connectivity index (χ1) is 11.0. The average molecular weight is 314 g/mol. The molecule has 0 spiro atoms. The minimum absolute atomic E-state index is 0.331. The van der Waals surface area contributed by atoms with Gasteiger partial charge in [-0.2, -0.15) is 0 Å². The number of benzene rings is 1. The molecule has 0 fully saturated rings. The van der Waals surface area contributed by atoms with Crippen molar-refractivity contribution in [2.45, 2.75) is 12.2 Å². The van der Waals surface area contributed by atoms with Crippen molar-refractivity contribution in [3.8, 4) is 11.5 Å². The summed E-state index contributed by atoms with van der Waals surface area (Å²) in [5, 5.41) is 3.11. The molecule has 0 saturated carbocycles. The lowest BCUT2D eigenvalue weighted by molar-refractivity contribution is 0.386. The van der Waals surface area contributed by atoms with E-state index >= 15 is 0 Å². The van der Waals surface area contributed by atoms with Gasteiger partial charge in [0.2, 0.25) is 0 Å². The molecule has 8 heteroatoms. The van der Waals surface area contributed by atoms with Crippen LogP contribution in [0.25, 0.3) is 0 Å². The fourth-order valence-corrected chi connectivity index (χ4v) is 2.44. The van der Waals surface area contributed by atoms with Crippen molar-refractivity contribution in [3.05, 3.63) is 35.8 Å². The molecule has 2 aromatic rings. The number of nitrogen functional groups attached to an aromatic ring is 1. The van der Waals surface area contributed by atoms with Crippen LogP contribution in [0.1, 0.15) is 11.3 Å². The van der Waals surface area contributed by atoms with Crippen LogP contribution in [0.3, 0.4) is 0 Å². The summed E-state index contributed by atoms with van der Waals surface area (Å²) in [6.45, 7) is 0. The highest BCUT2D eigenvalue weighted by molar-refractivity contribution is 5.91. The van der Waals surface area contributed by atoms with Crippen molar-refractivity contribution >= 4 is 17.7 Å². The number of rotatable bonds is 4. The molecule has 23 heavy (non-hydrogen) atoms. The van der Waals surface area contributed by atoms with Crippen LogP contribution in [0.4, 0.5) is 11.5 Å². The molecular weight excluding hydrogens is 296 g/mol. The van der Waals surface area contributed by atoms with Gasteiger partial charge in [0.1, 0.15) is 29.2 Å². The van der Waals surface area contributed by atoms with Gasteiger partial charge in [0.05, 0.1) is 20.4 Å². The molecule has 120 valence electrons. The van der Waals surface area contributed by atoms with Crippen molar-refractivity contribution in [1.29, 1.82) is 0 Å². The topological polar surface area (TPSA) is 121 Å². The summed E-state index contributed by atoms with van der Waals surface area (Å²) in [7, 11) is 3.20. The Balaban J connectivity index is 1.90. The molecule has 1 aromatic heterocycles. The molecule has 1 aliphatic heterocycles. The minimum Gasteiger partial charge on any atom is -0.497 e. The van der Waals surface area contributed by atoms with Gasteiger partial charge in [0.15, 0.2) is 11.6 Å². The first-order valence-electron chi connectivity index (χ1n) is 6.98.